The summed E-state index contributed by atoms with van der Waals surface area (Å²) in [5, 5.41) is 33.8. The largest absolute Gasteiger partial charge is 0.481 e. The van der Waals surface area contributed by atoms with Gasteiger partial charge in [-0.2, -0.15) is 0 Å². The summed E-state index contributed by atoms with van der Waals surface area (Å²) in [7, 11) is 0. The molecule has 3 aliphatic rings. The van der Waals surface area contributed by atoms with Gasteiger partial charge >= 0.3 is 11.9 Å². The molecular formula is C16H24NO5. The summed E-state index contributed by atoms with van der Waals surface area (Å²) in [4.78, 5) is 23.9. The van der Waals surface area contributed by atoms with Gasteiger partial charge in [0, 0.05) is 0 Å². The van der Waals surface area contributed by atoms with Crippen LogP contribution in [0.4, 0.5) is 0 Å². The Bertz CT molecular complexity index is 423. The van der Waals surface area contributed by atoms with Crippen LogP contribution < -0.4 is 0 Å². The lowest BCUT2D eigenvalue weighted by Crippen LogP contribution is -2.55. The molecule has 0 aromatic carbocycles. The Morgan fingerprint density at radius 3 is 1.32 bits per heavy atom. The van der Waals surface area contributed by atoms with Gasteiger partial charge in [0.25, 0.3) is 0 Å². The van der Waals surface area contributed by atoms with Crippen molar-refractivity contribution in [3.63, 3.8) is 0 Å². The van der Waals surface area contributed by atoms with E-state index >= 15 is 0 Å². The van der Waals surface area contributed by atoms with Crippen LogP contribution in [0.1, 0.15) is 64.2 Å². The SMILES string of the molecule is [O]N1C2(CCCCC2)[C@@H](C(=O)O)[C@H](C(=O)O)C12CCCCC2. The molecular weight excluding hydrogens is 286 g/mol. The molecule has 3 rings (SSSR count). The number of hydrogen-bond donors (Lipinski definition) is 2. The highest BCUT2D eigenvalue weighted by Crippen LogP contribution is 2.59. The van der Waals surface area contributed by atoms with Crippen LogP contribution in [0.2, 0.25) is 0 Å². The Balaban J connectivity index is 2.11. The van der Waals surface area contributed by atoms with Crippen molar-refractivity contribution in [1.82, 2.24) is 5.06 Å². The predicted molar refractivity (Wildman–Crippen MR) is 76.4 cm³/mol. The van der Waals surface area contributed by atoms with Crippen LogP contribution in [0.25, 0.3) is 0 Å². The molecule has 2 N–H and O–H groups in total. The summed E-state index contributed by atoms with van der Waals surface area (Å²) in [6, 6.07) is 0. The number of nitrogens with zero attached hydrogens (tertiary/aromatic N) is 1. The van der Waals surface area contributed by atoms with Crippen molar-refractivity contribution in [2.75, 3.05) is 0 Å². The predicted octanol–water partition coefficient (Wildman–Crippen LogP) is 2.45. The molecule has 0 amide bonds. The zero-order chi connectivity index (χ0) is 16.0. The maximum atomic E-state index is 13.3. The third-order valence-electron chi connectivity index (χ3n) is 6.27. The number of carbonyl (C=O) groups is 2. The lowest BCUT2D eigenvalue weighted by Gasteiger charge is -2.45. The van der Waals surface area contributed by atoms with Gasteiger partial charge in [-0.25, -0.2) is 0 Å². The molecule has 0 unspecified atom stereocenters. The molecule has 123 valence electrons. The van der Waals surface area contributed by atoms with E-state index < -0.39 is 34.9 Å². The van der Waals surface area contributed by atoms with E-state index in [-0.39, 0.29) is 0 Å². The van der Waals surface area contributed by atoms with Crippen LogP contribution in [0, 0.1) is 11.8 Å². The number of carboxylic acids is 2. The third-order valence-corrected chi connectivity index (χ3v) is 6.27. The van der Waals surface area contributed by atoms with Gasteiger partial charge in [0.2, 0.25) is 0 Å². The second kappa shape index (κ2) is 5.49. The van der Waals surface area contributed by atoms with Crippen molar-refractivity contribution < 1.29 is 25.0 Å². The first kappa shape index (κ1) is 15.7. The van der Waals surface area contributed by atoms with E-state index in [4.69, 9.17) is 0 Å². The monoisotopic (exact) mass is 310 g/mol. The molecule has 22 heavy (non-hydrogen) atoms. The highest BCUT2D eigenvalue weighted by molar-refractivity contribution is 5.83. The molecule has 2 aliphatic carbocycles. The summed E-state index contributed by atoms with van der Waals surface area (Å²) < 4.78 is 0. The summed E-state index contributed by atoms with van der Waals surface area (Å²) >= 11 is 0. The molecule has 6 heteroatoms. The molecule has 6 nitrogen and oxygen atoms in total. The topological polar surface area (TPSA) is 97.7 Å². The van der Waals surface area contributed by atoms with Gasteiger partial charge in [0.05, 0.1) is 22.9 Å². The first-order chi connectivity index (χ1) is 10.5. The van der Waals surface area contributed by atoms with Crippen LogP contribution >= 0.6 is 0 Å². The minimum absolute atomic E-state index is 0.513. The molecule has 1 saturated heterocycles. The molecule has 2 spiro atoms. The number of aliphatic carboxylic acids is 2. The minimum atomic E-state index is -1.11. The zero-order valence-corrected chi connectivity index (χ0v) is 12.8. The fourth-order valence-electron chi connectivity index (χ4n) is 5.42. The highest BCUT2D eigenvalue weighted by Gasteiger charge is 2.71. The van der Waals surface area contributed by atoms with Gasteiger partial charge in [-0.15, -0.1) is 10.3 Å². The molecule has 2 atom stereocenters. The lowest BCUT2D eigenvalue weighted by atomic mass is 9.67. The average Bonchev–Trinajstić information content (AvgIpc) is 2.69. The van der Waals surface area contributed by atoms with Crippen LogP contribution in [-0.2, 0) is 14.8 Å². The van der Waals surface area contributed by atoms with Crippen molar-refractivity contribution in [1.29, 1.82) is 0 Å². The first-order valence-corrected chi connectivity index (χ1v) is 8.39. The third kappa shape index (κ3) is 2.00. The van der Waals surface area contributed by atoms with Gasteiger partial charge in [0.15, 0.2) is 0 Å². The van der Waals surface area contributed by atoms with Gasteiger partial charge in [-0.05, 0) is 25.7 Å². The molecule has 2 saturated carbocycles. The van der Waals surface area contributed by atoms with E-state index in [2.05, 4.69) is 0 Å². The second-order valence-electron chi connectivity index (χ2n) is 7.25. The Hall–Kier alpha value is -1.14. The van der Waals surface area contributed by atoms with Crippen LogP contribution in [0.3, 0.4) is 0 Å². The van der Waals surface area contributed by atoms with Gasteiger partial charge < -0.3 is 10.2 Å². The number of carboxylic acid groups (broad SMARTS) is 2. The van der Waals surface area contributed by atoms with E-state index in [1.807, 2.05) is 0 Å². The molecule has 1 heterocycles. The van der Waals surface area contributed by atoms with Crippen molar-refractivity contribution in [2.45, 2.75) is 75.3 Å². The average molecular weight is 310 g/mol. The second-order valence-corrected chi connectivity index (χ2v) is 7.25. The van der Waals surface area contributed by atoms with Crippen molar-refractivity contribution in [3.05, 3.63) is 0 Å². The number of hydrogen-bond acceptors (Lipinski definition) is 3. The Labute approximate surface area is 130 Å². The lowest BCUT2D eigenvalue weighted by molar-refractivity contribution is -0.280. The maximum Gasteiger partial charge on any atom is 0.309 e. The van der Waals surface area contributed by atoms with E-state index in [0.29, 0.717) is 25.7 Å². The van der Waals surface area contributed by atoms with E-state index in [1.54, 1.807) is 0 Å². The van der Waals surface area contributed by atoms with E-state index in [0.717, 1.165) is 43.6 Å². The van der Waals surface area contributed by atoms with Crippen LogP contribution in [0.15, 0.2) is 0 Å². The molecule has 1 radical (unpaired) electrons. The summed E-state index contributed by atoms with van der Waals surface area (Å²) in [5.41, 5.74) is -2.02. The fraction of sp³-hybridized carbons (Fsp3) is 0.875. The standard InChI is InChI=1S/C16H24NO5/c18-13(19)11-12(14(20)21)16(9-5-2-6-10-16)17(22)15(11)7-3-1-4-8-15/h11-12H,1-10H2,(H,18,19)(H,20,21)/t11-,12-/m1/s1. The molecule has 0 aromatic heterocycles. The summed E-state index contributed by atoms with van der Waals surface area (Å²) in [6.45, 7) is 0. The highest BCUT2D eigenvalue weighted by atomic mass is 16.5. The smallest absolute Gasteiger partial charge is 0.309 e. The summed E-state index contributed by atoms with van der Waals surface area (Å²) in [6.07, 6.45) is 7.28. The number of hydroxylamine groups is 2. The molecule has 0 bridgehead atoms. The van der Waals surface area contributed by atoms with Crippen molar-refractivity contribution >= 4 is 11.9 Å². The van der Waals surface area contributed by atoms with Crippen LogP contribution in [0.5, 0.6) is 0 Å². The number of rotatable bonds is 2. The van der Waals surface area contributed by atoms with Crippen molar-refractivity contribution in [2.24, 2.45) is 11.8 Å². The minimum Gasteiger partial charge on any atom is -0.481 e. The van der Waals surface area contributed by atoms with E-state index in [1.165, 1.54) is 0 Å². The van der Waals surface area contributed by atoms with Crippen LogP contribution in [-0.4, -0.2) is 38.3 Å². The summed E-state index contributed by atoms with van der Waals surface area (Å²) in [5.74, 6) is -4.39. The first-order valence-electron chi connectivity index (χ1n) is 8.39. The Morgan fingerprint density at radius 1 is 0.727 bits per heavy atom. The van der Waals surface area contributed by atoms with Gasteiger partial charge in [-0.1, -0.05) is 38.5 Å². The fourth-order valence-corrected chi connectivity index (χ4v) is 5.42. The zero-order valence-electron chi connectivity index (χ0n) is 12.8. The Kier molecular flexibility index (Phi) is 3.93. The quantitative estimate of drug-likeness (QED) is 0.816. The molecule has 1 aliphatic heterocycles. The van der Waals surface area contributed by atoms with Crippen molar-refractivity contribution in [3.8, 4) is 0 Å². The van der Waals surface area contributed by atoms with Gasteiger partial charge in [-0.3, -0.25) is 9.59 Å². The maximum absolute atomic E-state index is 13.3. The molecule has 0 aromatic rings. The Morgan fingerprint density at radius 2 is 1.05 bits per heavy atom. The molecule has 3 fully saturated rings. The normalized spacial score (nSPS) is 34.0. The van der Waals surface area contributed by atoms with E-state index in [9.17, 15) is 25.0 Å². The van der Waals surface area contributed by atoms with Gasteiger partial charge in [0.1, 0.15) is 0 Å².